The Balaban J connectivity index is 1.64. The zero-order valence-electron chi connectivity index (χ0n) is 14.0. The van der Waals surface area contributed by atoms with Crippen molar-refractivity contribution in [1.29, 1.82) is 0 Å². The topological polar surface area (TPSA) is 66.0 Å². The van der Waals surface area contributed by atoms with Crippen molar-refractivity contribution in [2.45, 2.75) is 32.5 Å². The van der Waals surface area contributed by atoms with Crippen LogP contribution in [0, 0.1) is 11.8 Å². The number of hydrogen-bond acceptors (Lipinski definition) is 5. The summed E-state index contributed by atoms with van der Waals surface area (Å²) in [5.74, 6) is 6.70. The lowest BCUT2D eigenvalue weighted by atomic mass is 9.78. The van der Waals surface area contributed by atoms with Crippen molar-refractivity contribution < 1.29 is 23.6 Å². The minimum atomic E-state index is -0.528. The van der Waals surface area contributed by atoms with E-state index in [0.29, 0.717) is 13.2 Å². The number of rotatable bonds is 1. The molecule has 1 atom stereocenters. The summed E-state index contributed by atoms with van der Waals surface area (Å²) in [7, 11) is -0.447. The van der Waals surface area contributed by atoms with E-state index in [9.17, 15) is 4.79 Å². The van der Waals surface area contributed by atoms with E-state index >= 15 is 0 Å². The standard InChI is InChI=1S/C17H20BNO5/c1-17(2,3)23-16(20)19-9-5-8-13-12-6-4-7-14-15(12)18(24-13)22-11-10-21-14/h4,6-7,13H,9-11H2,1-3H3,(H,19,20)/t13-/m1/s1. The Bertz CT molecular complexity index is 688. The molecular weight excluding hydrogens is 309 g/mol. The number of carbonyl (C=O) groups is 1. The van der Waals surface area contributed by atoms with E-state index in [1.165, 1.54) is 0 Å². The summed E-state index contributed by atoms with van der Waals surface area (Å²) in [4.78, 5) is 11.6. The second-order valence-corrected chi connectivity index (χ2v) is 6.50. The molecule has 1 aromatic rings. The van der Waals surface area contributed by atoms with Crippen molar-refractivity contribution in [3.63, 3.8) is 0 Å². The maximum atomic E-state index is 11.6. The summed E-state index contributed by atoms with van der Waals surface area (Å²) in [6.07, 6.45) is -0.886. The van der Waals surface area contributed by atoms with Gasteiger partial charge in [0.2, 0.25) is 0 Å². The fourth-order valence-electron chi connectivity index (χ4n) is 2.55. The molecule has 2 heterocycles. The molecule has 24 heavy (non-hydrogen) atoms. The van der Waals surface area contributed by atoms with E-state index < -0.39 is 24.9 Å². The van der Waals surface area contributed by atoms with Crippen LogP contribution in [0.3, 0.4) is 0 Å². The molecule has 6 nitrogen and oxygen atoms in total. The number of alkyl carbamates (subject to hydrolysis) is 1. The lowest BCUT2D eigenvalue weighted by Gasteiger charge is -2.19. The molecule has 7 heteroatoms. The van der Waals surface area contributed by atoms with Gasteiger partial charge in [-0.25, -0.2) is 4.79 Å². The van der Waals surface area contributed by atoms with Gasteiger partial charge in [-0.3, -0.25) is 0 Å². The molecule has 1 aromatic carbocycles. The number of ether oxygens (including phenoxy) is 2. The first-order chi connectivity index (χ1) is 11.4. The molecule has 0 aromatic heterocycles. The third-order valence-electron chi connectivity index (χ3n) is 3.44. The van der Waals surface area contributed by atoms with Crippen molar-refractivity contribution >= 4 is 18.7 Å². The highest BCUT2D eigenvalue weighted by Gasteiger charge is 2.40. The van der Waals surface area contributed by atoms with Crippen LogP contribution in [0.2, 0.25) is 0 Å². The van der Waals surface area contributed by atoms with Crippen LogP contribution in [0.15, 0.2) is 18.2 Å². The van der Waals surface area contributed by atoms with E-state index in [4.69, 9.17) is 18.8 Å². The molecule has 0 spiro atoms. The monoisotopic (exact) mass is 329 g/mol. The molecule has 1 N–H and O–H groups in total. The van der Waals surface area contributed by atoms with E-state index in [1.807, 2.05) is 39.0 Å². The number of hydrogen-bond donors (Lipinski definition) is 1. The van der Waals surface area contributed by atoms with E-state index in [-0.39, 0.29) is 6.54 Å². The van der Waals surface area contributed by atoms with Gasteiger partial charge in [0.25, 0.3) is 0 Å². The third-order valence-corrected chi connectivity index (χ3v) is 3.44. The first kappa shape index (κ1) is 16.7. The molecule has 0 bridgehead atoms. The van der Waals surface area contributed by atoms with E-state index in [1.54, 1.807) is 0 Å². The first-order valence-electron chi connectivity index (χ1n) is 7.92. The highest BCUT2D eigenvalue weighted by Crippen LogP contribution is 2.29. The maximum absolute atomic E-state index is 11.6. The average Bonchev–Trinajstić information content (AvgIpc) is 2.71. The molecule has 126 valence electrons. The second-order valence-electron chi connectivity index (χ2n) is 6.50. The predicted octanol–water partition coefficient (Wildman–Crippen LogP) is 1.39. The number of benzene rings is 1. The van der Waals surface area contributed by atoms with Crippen LogP contribution in [-0.4, -0.2) is 38.6 Å². The lowest BCUT2D eigenvalue weighted by Crippen LogP contribution is -2.32. The summed E-state index contributed by atoms with van der Waals surface area (Å²) in [5.41, 5.74) is 1.33. The van der Waals surface area contributed by atoms with Crippen molar-refractivity contribution in [2.24, 2.45) is 0 Å². The Hall–Kier alpha value is -2.17. The van der Waals surface area contributed by atoms with Gasteiger partial charge in [0.1, 0.15) is 24.1 Å². The molecule has 0 radical (unpaired) electrons. The molecule has 0 unspecified atom stereocenters. The van der Waals surface area contributed by atoms with Gasteiger partial charge in [-0.15, -0.1) is 0 Å². The SMILES string of the molecule is CC(C)(C)OC(=O)NCC#C[C@H]1OB2OCCOc3cccc1c32. The highest BCUT2D eigenvalue weighted by molar-refractivity contribution is 6.64. The van der Waals surface area contributed by atoms with Crippen LogP contribution in [0.4, 0.5) is 4.79 Å². The predicted molar refractivity (Wildman–Crippen MR) is 89.1 cm³/mol. The molecular formula is C17H20BNO5. The molecule has 0 fully saturated rings. The molecule has 2 aliphatic heterocycles. The van der Waals surface area contributed by atoms with Gasteiger partial charge < -0.3 is 24.1 Å². The van der Waals surface area contributed by atoms with Gasteiger partial charge in [-0.1, -0.05) is 24.0 Å². The molecule has 3 rings (SSSR count). The van der Waals surface area contributed by atoms with Crippen LogP contribution in [0.1, 0.15) is 32.4 Å². The Kier molecular flexibility index (Phi) is 4.70. The van der Waals surface area contributed by atoms with Gasteiger partial charge in [0.05, 0.1) is 13.2 Å². The van der Waals surface area contributed by atoms with Gasteiger partial charge in [0.15, 0.2) is 0 Å². The van der Waals surface area contributed by atoms with Crippen molar-refractivity contribution in [3.8, 4) is 17.6 Å². The van der Waals surface area contributed by atoms with Crippen LogP contribution < -0.4 is 15.5 Å². The van der Waals surface area contributed by atoms with Gasteiger partial charge in [0, 0.05) is 5.46 Å². The second kappa shape index (κ2) is 6.75. The van der Waals surface area contributed by atoms with Crippen LogP contribution in [0.25, 0.3) is 0 Å². The summed E-state index contributed by atoms with van der Waals surface area (Å²) in [6, 6.07) is 5.78. The molecule has 1 amide bonds. The normalized spacial score (nSPS) is 18.6. The van der Waals surface area contributed by atoms with Crippen molar-refractivity contribution in [1.82, 2.24) is 5.32 Å². The van der Waals surface area contributed by atoms with E-state index in [2.05, 4.69) is 17.2 Å². The Labute approximate surface area is 141 Å². The maximum Gasteiger partial charge on any atom is 0.499 e. The fourth-order valence-corrected chi connectivity index (χ4v) is 2.55. The van der Waals surface area contributed by atoms with E-state index in [0.717, 1.165) is 16.8 Å². The smallest absolute Gasteiger partial charge is 0.492 e. The largest absolute Gasteiger partial charge is 0.499 e. The van der Waals surface area contributed by atoms with Crippen LogP contribution in [0.5, 0.6) is 5.75 Å². The zero-order valence-corrected chi connectivity index (χ0v) is 14.0. The Morgan fingerprint density at radius 3 is 3.04 bits per heavy atom. The summed E-state index contributed by atoms with van der Waals surface area (Å²) in [5, 5.41) is 2.60. The minimum Gasteiger partial charge on any atom is -0.492 e. The molecule has 0 aliphatic carbocycles. The van der Waals surface area contributed by atoms with Crippen LogP contribution >= 0.6 is 0 Å². The van der Waals surface area contributed by atoms with Crippen molar-refractivity contribution in [3.05, 3.63) is 23.8 Å². The average molecular weight is 329 g/mol. The molecule has 0 saturated carbocycles. The number of amides is 1. The minimum absolute atomic E-state index is 0.186. The van der Waals surface area contributed by atoms with Crippen LogP contribution in [-0.2, 0) is 14.0 Å². The van der Waals surface area contributed by atoms with Gasteiger partial charge in [-0.2, -0.15) is 0 Å². The zero-order chi connectivity index (χ0) is 17.2. The highest BCUT2D eigenvalue weighted by atomic mass is 16.6. The summed E-state index contributed by atoms with van der Waals surface area (Å²) in [6.45, 7) is 6.60. The quantitative estimate of drug-likeness (QED) is 0.623. The third kappa shape index (κ3) is 3.83. The molecule has 2 aliphatic rings. The summed E-state index contributed by atoms with van der Waals surface area (Å²) < 4.78 is 22.3. The molecule has 0 saturated heterocycles. The van der Waals surface area contributed by atoms with Gasteiger partial charge in [-0.05, 0) is 32.4 Å². The Morgan fingerprint density at radius 2 is 2.25 bits per heavy atom. The van der Waals surface area contributed by atoms with Gasteiger partial charge >= 0.3 is 13.2 Å². The number of carbonyl (C=O) groups excluding carboxylic acids is 1. The number of nitrogens with one attached hydrogen (secondary N) is 1. The first-order valence-corrected chi connectivity index (χ1v) is 7.92. The van der Waals surface area contributed by atoms with Crippen molar-refractivity contribution in [2.75, 3.05) is 19.8 Å². The lowest BCUT2D eigenvalue weighted by molar-refractivity contribution is 0.0535. The Morgan fingerprint density at radius 1 is 1.42 bits per heavy atom. The fraction of sp³-hybridized carbons (Fsp3) is 0.471. The summed E-state index contributed by atoms with van der Waals surface area (Å²) >= 11 is 0.